The lowest BCUT2D eigenvalue weighted by atomic mass is 9.74. The molecule has 1 aliphatic heterocycles. The van der Waals surface area contributed by atoms with Gasteiger partial charge in [0.25, 0.3) is 0 Å². The summed E-state index contributed by atoms with van der Waals surface area (Å²) in [7, 11) is 0. The summed E-state index contributed by atoms with van der Waals surface area (Å²) in [5.74, 6) is -0.607. The van der Waals surface area contributed by atoms with Crippen LogP contribution >= 0.6 is 0 Å². The molecule has 0 saturated carbocycles. The zero-order valence-corrected chi connectivity index (χ0v) is 14.5. The molecule has 3 atom stereocenters. The van der Waals surface area contributed by atoms with Crippen LogP contribution in [0.3, 0.4) is 0 Å². The number of fused-ring (bicyclic) bond motifs is 1. The summed E-state index contributed by atoms with van der Waals surface area (Å²) in [5, 5.41) is 10.0. The number of allylic oxidation sites excluding steroid dienone is 5. The van der Waals surface area contributed by atoms with E-state index in [1.807, 2.05) is 32.1 Å². The van der Waals surface area contributed by atoms with Crippen molar-refractivity contribution in [1.82, 2.24) is 0 Å². The lowest BCUT2D eigenvalue weighted by molar-refractivity contribution is -0.149. The van der Waals surface area contributed by atoms with Crippen molar-refractivity contribution in [2.24, 2.45) is 11.8 Å². The number of carbonyl (C=O) groups excluding carboxylic acids is 1. The fourth-order valence-corrected chi connectivity index (χ4v) is 3.54. The Morgan fingerprint density at radius 3 is 2.87 bits per heavy atom. The fourth-order valence-electron chi connectivity index (χ4n) is 3.54. The summed E-state index contributed by atoms with van der Waals surface area (Å²) in [5.41, 5.74) is 2.49. The molecule has 0 aromatic rings. The minimum absolute atomic E-state index is 0.0595. The van der Waals surface area contributed by atoms with Crippen LogP contribution in [0.2, 0.25) is 0 Å². The second-order valence-corrected chi connectivity index (χ2v) is 7.01. The van der Waals surface area contributed by atoms with E-state index in [0.29, 0.717) is 0 Å². The third-order valence-electron chi connectivity index (χ3n) is 4.88. The lowest BCUT2D eigenvalue weighted by Gasteiger charge is -2.30. The maximum absolute atomic E-state index is 12.5. The number of hydrogen-bond acceptors (Lipinski definition) is 3. The van der Waals surface area contributed by atoms with Crippen LogP contribution in [-0.4, -0.2) is 23.3 Å². The van der Waals surface area contributed by atoms with Crippen molar-refractivity contribution in [1.29, 1.82) is 0 Å². The van der Waals surface area contributed by atoms with Gasteiger partial charge in [-0.2, -0.15) is 0 Å². The lowest BCUT2D eigenvalue weighted by Crippen LogP contribution is -2.39. The first-order valence-corrected chi connectivity index (χ1v) is 8.39. The molecule has 1 fully saturated rings. The minimum atomic E-state index is -0.929. The summed E-state index contributed by atoms with van der Waals surface area (Å²) in [4.78, 5) is 12.5. The highest BCUT2D eigenvalue weighted by molar-refractivity contribution is 5.79. The van der Waals surface area contributed by atoms with Gasteiger partial charge in [-0.3, -0.25) is 4.79 Å². The Bertz CT molecular complexity index is 563. The summed E-state index contributed by atoms with van der Waals surface area (Å²) >= 11 is 0. The Morgan fingerprint density at radius 2 is 2.22 bits per heavy atom. The zero-order chi connectivity index (χ0) is 17.0. The molecule has 0 bridgehead atoms. The van der Waals surface area contributed by atoms with Gasteiger partial charge in [-0.05, 0) is 52.5 Å². The smallest absolute Gasteiger partial charge is 0.314 e. The molecule has 1 saturated heterocycles. The molecule has 0 amide bonds. The Labute approximate surface area is 139 Å². The van der Waals surface area contributed by atoms with Gasteiger partial charge in [-0.1, -0.05) is 41.5 Å². The van der Waals surface area contributed by atoms with Gasteiger partial charge in [-0.15, -0.1) is 0 Å². The molecule has 126 valence electrons. The molecular weight excluding hydrogens is 288 g/mol. The Hall–Kier alpha value is -1.61. The van der Waals surface area contributed by atoms with E-state index in [0.717, 1.165) is 36.8 Å². The standard InChI is InChI=1S/C20H28O3/c1-14(2)7-6-12-20(13-21)17-11-10-15(3)8-5-9-16(4)18(17)19(22)23-20/h6-8,12,17-18,21H,4-5,9-11,13H2,1-3H3. The molecule has 0 aromatic heterocycles. The van der Waals surface area contributed by atoms with E-state index in [1.165, 1.54) is 5.57 Å². The maximum atomic E-state index is 12.5. The quantitative estimate of drug-likeness (QED) is 0.484. The van der Waals surface area contributed by atoms with Crippen LogP contribution in [-0.2, 0) is 9.53 Å². The largest absolute Gasteiger partial charge is 0.452 e. The first kappa shape index (κ1) is 17.7. The predicted octanol–water partition coefficient (Wildman–Crippen LogP) is 4.11. The summed E-state index contributed by atoms with van der Waals surface area (Å²) in [6, 6.07) is 0. The average Bonchev–Trinajstić information content (AvgIpc) is 2.79. The van der Waals surface area contributed by atoms with Crippen LogP contribution in [0.15, 0.2) is 47.6 Å². The monoisotopic (exact) mass is 316 g/mol. The van der Waals surface area contributed by atoms with E-state index in [4.69, 9.17) is 4.74 Å². The van der Waals surface area contributed by atoms with Crippen LogP contribution in [0.4, 0.5) is 0 Å². The van der Waals surface area contributed by atoms with E-state index in [9.17, 15) is 9.90 Å². The van der Waals surface area contributed by atoms with Gasteiger partial charge >= 0.3 is 5.97 Å². The molecule has 3 unspecified atom stereocenters. The van der Waals surface area contributed by atoms with Gasteiger partial charge in [0.2, 0.25) is 0 Å². The van der Waals surface area contributed by atoms with Crippen molar-refractivity contribution in [3.63, 3.8) is 0 Å². The van der Waals surface area contributed by atoms with E-state index in [-0.39, 0.29) is 24.4 Å². The third-order valence-corrected chi connectivity index (χ3v) is 4.88. The molecule has 2 aliphatic rings. The van der Waals surface area contributed by atoms with Crippen LogP contribution in [0.25, 0.3) is 0 Å². The van der Waals surface area contributed by atoms with Gasteiger partial charge < -0.3 is 9.84 Å². The Kier molecular flexibility index (Phi) is 5.64. The second kappa shape index (κ2) is 7.31. The van der Waals surface area contributed by atoms with Gasteiger partial charge in [0.1, 0.15) is 0 Å². The van der Waals surface area contributed by atoms with Crippen molar-refractivity contribution in [3.05, 3.63) is 47.6 Å². The van der Waals surface area contributed by atoms with Crippen molar-refractivity contribution < 1.29 is 14.6 Å². The summed E-state index contributed by atoms with van der Waals surface area (Å²) in [6.07, 6.45) is 11.4. The first-order valence-electron chi connectivity index (χ1n) is 8.39. The SMILES string of the molecule is C=C1CCC=C(C)CCC2C1C(=O)OC2(C=CC=C(C)C)CO. The molecule has 1 heterocycles. The molecule has 0 radical (unpaired) electrons. The number of carbonyl (C=O) groups is 1. The molecule has 0 spiro atoms. The van der Waals surface area contributed by atoms with E-state index in [2.05, 4.69) is 19.6 Å². The highest BCUT2D eigenvalue weighted by Crippen LogP contribution is 2.46. The first-order chi connectivity index (χ1) is 10.9. The maximum Gasteiger partial charge on any atom is 0.314 e. The number of aliphatic hydroxyl groups excluding tert-OH is 1. The van der Waals surface area contributed by atoms with Crippen LogP contribution in [0, 0.1) is 11.8 Å². The Morgan fingerprint density at radius 1 is 1.48 bits per heavy atom. The molecule has 1 aliphatic carbocycles. The number of aliphatic hydroxyl groups is 1. The van der Waals surface area contributed by atoms with Crippen LogP contribution in [0.1, 0.15) is 46.5 Å². The minimum Gasteiger partial charge on any atom is -0.452 e. The molecule has 0 aromatic carbocycles. The van der Waals surface area contributed by atoms with Gasteiger partial charge in [0.15, 0.2) is 5.60 Å². The van der Waals surface area contributed by atoms with Crippen LogP contribution < -0.4 is 0 Å². The number of rotatable bonds is 3. The van der Waals surface area contributed by atoms with E-state index >= 15 is 0 Å². The second-order valence-electron chi connectivity index (χ2n) is 7.01. The van der Waals surface area contributed by atoms with Crippen molar-refractivity contribution in [3.8, 4) is 0 Å². The fraction of sp³-hybridized carbons (Fsp3) is 0.550. The molecule has 3 nitrogen and oxygen atoms in total. The predicted molar refractivity (Wildman–Crippen MR) is 92.8 cm³/mol. The average molecular weight is 316 g/mol. The molecule has 23 heavy (non-hydrogen) atoms. The van der Waals surface area contributed by atoms with Crippen molar-refractivity contribution in [2.75, 3.05) is 6.61 Å². The molecule has 3 heteroatoms. The number of hydrogen-bond donors (Lipinski definition) is 1. The molecule has 1 N–H and O–H groups in total. The van der Waals surface area contributed by atoms with Crippen molar-refractivity contribution >= 4 is 5.97 Å². The van der Waals surface area contributed by atoms with E-state index < -0.39 is 5.60 Å². The Balaban J connectivity index is 2.38. The van der Waals surface area contributed by atoms with Gasteiger partial charge in [0, 0.05) is 5.92 Å². The normalized spacial score (nSPS) is 31.7. The van der Waals surface area contributed by atoms with E-state index in [1.54, 1.807) is 0 Å². The zero-order valence-electron chi connectivity index (χ0n) is 14.5. The van der Waals surface area contributed by atoms with Gasteiger partial charge in [0.05, 0.1) is 12.5 Å². The topological polar surface area (TPSA) is 46.5 Å². The van der Waals surface area contributed by atoms with Gasteiger partial charge in [-0.25, -0.2) is 0 Å². The highest BCUT2D eigenvalue weighted by Gasteiger charge is 2.54. The number of ether oxygens (including phenoxy) is 1. The highest BCUT2D eigenvalue weighted by atomic mass is 16.6. The van der Waals surface area contributed by atoms with Crippen molar-refractivity contribution in [2.45, 2.75) is 52.1 Å². The molecular formula is C20H28O3. The number of cyclic esters (lactones) is 1. The summed E-state index contributed by atoms with van der Waals surface area (Å²) in [6.45, 7) is 10.1. The summed E-state index contributed by atoms with van der Waals surface area (Å²) < 4.78 is 5.70. The number of esters is 1. The third kappa shape index (κ3) is 3.84. The van der Waals surface area contributed by atoms with Crippen LogP contribution in [0.5, 0.6) is 0 Å². The molecule has 2 rings (SSSR count).